The molecule has 5 aromatic rings. The number of unbranched alkanes of at least 4 members (excludes halogenated alkanes) is 1. The Morgan fingerprint density at radius 2 is 1.13 bits per heavy atom. The molecule has 0 saturated heterocycles. The lowest BCUT2D eigenvalue weighted by Gasteiger charge is -2.14. The van der Waals surface area contributed by atoms with Crippen LogP contribution in [0.2, 0.25) is 0 Å². The molecule has 0 spiro atoms. The third-order valence-electron chi connectivity index (χ3n) is 6.06. The van der Waals surface area contributed by atoms with Gasteiger partial charge in [0.15, 0.2) is 0 Å². The fourth-order valence-corrected chi connectivity index (χ4v) is 4.50. The molecule has 0 fully saturated rings. The van der Waals surface area contributed by atoms with Crippen molar-refractivity contribution < 1.29 is 0 Å². The summed E-state index contributed by atoms with van der Waals surface area (Å²) in [6.45, 7) is 3.99. The highest BCUT2D eigenvalue weighted by Gasteiger charge is 2.10. The van der Waals surface area contributed by atoms with E-state index >= 15 is 0 Å². The molecule has 0 aromatic heterocycles. The smallest absolute Gasteiger partial charge is 0.0211 e. The van der Waals surface area contributed by atoms with Crippen molar-refractivity contribution in [2.75, 3.05) is 13.1 Å². The summed E-state index contributed by atoms with van der Waals surface area (Å²) >= 11 is 0. The van der Waals surface area contributed by atoms with Gasteiger partial charge >= 0.3 is 0 Å². The lowest BCUT2D eigenvalue weighted by Crippen LogP contribution is -2.18. The number of benzene rings is 5. The molecular formula is C28H28N2. The minimum Gasteiger partial charge on any atom is -0.313 e. The molecule has 0 aliphatic carbocycles. The molecule has 2 heteroatoms. The third kappa shape index (κ3) is 3.89. The fraction of sp³-hybridized carbons (Fsp3) is 0.214. The van der Waals surface area contributed by atoms with E-state index in [1.165, 1.54) is 56.3 Å². The molecule has 0 aliphatic rings. The molecule has 30 heavy (non-hydrogen) atoms. The van der Waals surface area contributed by atoms with Gasteiger partial charge in [-0.3, -0.25) is 0 Å². The summed E-state index contributed by atoms with van der Waals surface area (Å²) in [6.07, 6.45) is 2.38. The summed E-state index contributed by atoms with van der Waals surface area (Å²) in [5, 5.41) is 15.4. The van der Waals surface area contributed by atoms with Gasteiger partial charge in [-0.25, -0.2) is 0 Å². The fourth-order valence-electron chi connectivity index (χ4n) is 4.50. The molecule has 0 atom stereocenters. The van der Waals surface area contributed by atoms with Crippen LogP contribution in [0, 0.1) is 0 Å². The van der Waals surface area contributed by atoms with Crippen LogP contribution >= 0.6 is 0 Å². The van der Waals surface area contributed by atoms with Gasteiger partial charge in [-0.2, -0.15) is 0 Å². The van der Waals surface area contributed by atoms with E-state index in [0.717, 1.165) is 26.2 Å². The van der Waals surface area contributed by atoms with Crippen LogP contribution in [-0.2, 0) is 13.1 Å². The van der Waals surface area contributed by atoms with Gasteiger partial charge < -0.3 is 10.6 Å². The molecule has 150 valence electrons. The summed E-state index contributed by atoms with van der Waals surface area (Å²) in [5.74, 6) is 0. The van der Waals surface area contributed by atoms with Crippen LogP contribution in [0.25, 0.3) is 32.3 Å². The highest BCUT2D eigenvalue weighted by atomic mass is 14.9. The topological polar surface area (TPSA) is 24.1 Å². The van der Waals surface area contributed by atoms with Crippen LogP contribution in [0.3, 0.4) is 0 Å². The maximum Gasteiger partial charge on any atom is 0.0211 e. The Balaban J connectivity index is 1.17. The van der Waals surface area contributed by atoms with Crippen LogP contribution < -0.4 is 10.6 Å². The van der Waals surface area contributed by atoms with E-state index < -0.39 is 0 Å². The largest absolute Gasteiger partial charge is 0.313 e. The maximum atomic E-state index is 3.66. The number of hydrogen-bond donors (Lipinski definition) is 2. The SMILES string of the molecule is c1ccc(CNCCCCNCc2ccc3ccc4cccc5ccc2c3c45)cc1. The van der Waals surface area contributed by atoms with Gasteiger partial charge in [-0.05, 0) is 69.4 Å². The molecule has 2 N–H and O–H groups in total. The molecule has 0 saturated carbocycles. The van der Waals surface area contributed by atoms with Gasteiger partial charge in [0.1, 0.15) is 0 Å². The summed E-state index contributed by atoms with van der Waals surface area (Å²) in [6, 6.07) is 30.8. The first-order chi connectivity index (χ1) is 14.9. The monoisotopic (exact) mass is 392 g/mol. The first kappa shape index (κ1) is 19.0. The molecule has 2 nitrogen and oxygen atoms in total. The van der Waals surface area contributed by atoms with E-state index in [0.29, 0.717) is 0 Å². The average Bonchev–Trinajstić information content (AvgIpc) is 2.80. The molecular weight excluding hydrogens is 364 g/mol. The number of nitrogens with one attached hydrogen (secondary N) is 2. The van der Waals surface area contributed by atoms with Crippen molar-refractivity contribution in [3.63, 3.8) is 0 Å². The van der Waals surface area contributed by atoms with E-state index in [1.54, 1.807) is 0 Å². The summed E-state index contributed by atoms with van der Waals surface area (Å²) < 4.78 is 0. The van der Waals surface area contributed by atoms with Crippen LogP contribution in [0.1, 0.15) is 24.0 Å². The van der Waals surface area contributed by atoms with Gasteiger partial charge in [-0.15, -0.1) is 0 Å². The number of hydrogen-bond acceptors (Lipinski definition) is 2. The zero-order valence-electron chi connectivity index (χ0n) is 17.3. The van der Waals surface area contributed by atoms with Crippen molar-refractivity contribution in [3.8, 4) is 0 Å². The predicted octanol–water partition coefficient (Wildman–Crippen LogP) is 6.24. The maximum absolute atomic E-state index is 3.66. The lowest BCUT2D eigenvalue weighted by molar-refractivity contribution is 0.583. The minimum atomic E-state index is 0.922. The second-order valence-electron chi connectivity index (χ2n) is 8.13. The molecule has 0 heterocycles. The zero-order chi connectivity index (χ0) is 20.2. The van der Waals surface area contributed by atoms with Gasteiger partial charge in [-0.1, -0.05) is 84.9 Å². The standard InChI is InChI=1S/C28H28N2/c1-2-7-21(8-3-1)19-29-17-4-5-18-30-20-25-14-13-24-12-11-22-9-6-10-23-15-16-26(25)28(24)27(22)23/h1-3,6-16,29-30H,4-5,17-20H2. The Morgan fingerprint density at radius 3 is 1.90 bits per heavy atom. The van der Waals surface area contributed by atoms with Crippen LogP contribution in [0.15, 0.2) is 84.9 Å². The van der Waals surface area contributed by atoms with Gasteiger partial charge in [0.25, 0.3) is 0 Å². The van der Waals surface area contributed by atoms with Crippen LogP contribution in [0.4, 0.5) is 0 Å². The number of rotatable bonds is 9. The van der Waals surface area contributed by atoms with E-state index in [2.05, 4.69) is 95.6 Å². The predicted molar refractivity (Wildman–Crippen MR) is 129 cm³/mol. The van der Waals surface area contributed by atoms with Crippen molar-refractivity contribution in [1.29, 1.82) is 0 Å². The summed E-state index contributed by atoms with van der Waals surface area (Å²) in [4.78, 5) is 0. The van der Waals surface area contributed by atoms with E-state index in [1.807, 2.05) is 0 Å². The molecule has 0 unspecified atom stereocenters. The lowest BCUT2D eigenvalue weighted by atomic mass is 9.92. The highest BCUT2D eigenvalue weighted by molar-refractivity contribution is 6.23. The Bertz CT molecular complexity index is 1230. The Hall–Kier alpha value is -2.94. The first-order valence-corrected chi connectivity index (χ1v) is 11.0. The van der Waals surface area contributed by atoms with E-state index in [9.17, 15) is 0 Å². The van der Waals surface area contributed by atoms with E-state index in [4.69, 9.17) is 0 Å². The van der Waals surface area contributed by atoms with Crippen molar-refractivity contribution in [1.82, 2.24) is 10.6 Å². The van der Waals surface area contributed by atoms with Crippen LogP contribution in [0.5, 0.6) is 0 Å². The van der Waals surface area contributed by atoms with Gasteiger partial charge in [0.05, 0.1) is 0 Å². The van der Waals surface area contributed by atoms with Crippen molar-refractivity contribution in [2.24, 2.45) is 0 Å². The minimum absolute atomic E-state index is 0.922. The molecule has 0 aliphatic heterocycles. The molecule has 5 aromatic carbocycles. The summed E-state index contributed by atoms with van der Waals surface area (Å²) in [5.41, 5.74) is 2.74. The molecule has 0 radical (unpaired) electrons. The third-order valence-corrected chi connectivity index (χ3v) is 6.06. The zero-order valence-corrected chi connectivity index (χ0v) is 17.3. The second kappa shape index (κ2) is 8.83. The second-order valence-corrected chi connectivity index (χ2v) is 8.13. The van der Waals surface area contributed by atoms with Crippen molar-refractivity contribution in [3.05, 3.63) is 96.1 Å². The molecule has 5 rings (SSSR count). The Morgan fingerprint density at radius 1 is 0.500 bits per heavy atom. The molecule has 0 amide bonds. The van der Waals surface area contributed by atoms with Crippen molar-refractivity contribution >= 4 is 32.3 Å². The normalized spacial score (nSPS) is 11.7. The Kier molecular flexibility index (Phi) is 5.60. The first-order valence-electron chi connectivity index (χ1n) is 11.0. The average molecular weight is 393 g/mol. The van der Waals surface area contributed by atoms with E-state index in [-0.39, 0.29) is 0 Å². The van der Waals surface area contributed by atoms with Crippen LogP contribution in [-0.4, -0.2) is 13.1 Å². The quantitative estimate of drug-likeness (QED) is 0.229. The highest BCUT2D eigenvalue weighted by Crippen LogP contribution is 2.35. The Labute approximate surface area is 178 Å². The van der Waals surface area contributed by atoms with Gasteiger partial charge in [0.2, 0.25) is 0 Å². The molecule has 0 bridgehead atoms. The van der Waals surface area contributed by atoms with Gasteiger partial charge in [0, 0.05) is 13.1 Å². The van der Waals surface area contributed by atoms with Crippen molar-refractivity contribution in [2.45, 2.75) is 25.9 Å². The summed E-state index contributed by atoms with van der Waals surface area (Å²) in [7, 11) is 0.